The summed E-state index contributed by atoms with van der Waals surface area (Å²) < 4.78 is 0. The molecule has 2 aliphatic rings. The van der Waals surface area contributed by atoms with Crippen LogP contribution in [0.2, 0.25) is 0 Å². The topological polar surface area (TPSA) is 35.6 Å². The van der Waals surface area contributed by atoms with Crippen molar-refractivity contribution < 1.29 is 4.79 Å². The van der Waals surface area contributed by atoms with Crippen LogP contribution in [0.3, 0.4) is 0 Å². The molecule has 0 radical (unpaired) electrons. The molecule has 0 saturated carbocycles. The first-order valence-electron chi connectivity index (χ1n) is 6.52. The van der Waals surface area contributed by atoms with Crippen molar-refractivity contribution in [2.75, 3.05) is 26.2 Å². The average Bonchev–Trinajstić information content (AvgIpc) is 2.69. The average molecular weight is 225 g/mol. The van der Waals surface area contributed by atoms with Crippen LogP contribution in [-0.4, -0.2) is 54.1 Å². The van der Waals surface area contributed by atoms with Gasteiger partial charge in [-0.15, -0.1) is 0 Å². The summed E-state index contributed by atoms with van der Waals surface area (Å²) in [7, 11) is 0. The highest BCUT2D eigenvalue weighted by Gasteiger charge is 2.34. The van der Waals surface area contributed by atoms with Gasteiger partial charge in [-0.05, 0) is 39.3 Å². The minimum Gasteiger partial charge on any atom is -0.326 e. The zero-order valence-electron chi connectivity index (χ0n) is 10.4. The van der Waals surface area contributed by atoms with E-state index in [4.69, 9.17) is 0 Å². The number of nitrogens with one attached hydrogen (secondary N) is 1. The van der Waals surface area contributed by atoms with Gasteiger partial charge in [0.25, 0.3) is 0 Å². The van der Waals surface area contributed by atoms with Crippen LogP contribution in [0.5, 0.6) is 0 Å². The summed E-state index contributed by atoms with van der Waals surface area (Å²) in [5.41, 5.74) is 0. The molecule has 0 spiro atoms. The Labute approximate surface area is 98.0 Å². The molecule has 2 atom stereocenters. The second-order valence-corrected chi connectivity index (χ2v) is 4.81. The largest absolute Gasteiger partial charge is 0.326 e. The van der Waals surface area contributed by atoms with Crippen molar-refractivity contribution in [1.29, 1.82) is 0 Å². The number of likely N-dealkylation sites (tertiary alicyclic amines) is 1. The Kier molecular flexibility index (Phi) is 3.82. The molecule has 0 aliphatic carbocycles. The minimum atomic E-state index is -0.0122. The summed E-state index contributed by atoms with van der Waals surface area (Å²) in [6, 6.07) is -0.0122. The third kappa shape index (κ3) is 2.23. The van der Waals surface area contributed by atoms with Crippen molar-refractivity contribution in [2.24, 2.45) is 0 Å². The molecule has 16 heavy (non-hydrogen) atoms. The third-order valence-corrected chi connectivity index (χ3v) is 3.77. The number of carbonyl (C=O) groups excluding carboxylic acids is 1. The highest BCUT2D eigenvalue weighted by molar-refractivity contribution is 5.82. The van der Waals surface area contributed by atoms with Gasteiger partial charge in [-0.3, -0.25) is 9.69 Å². The first-order valence-corrected chi connectivity index (χ1v) is 6.52. The lowest BCUT2D eigenvalue weighted by Crippen LogP contribution is -2.51. The number of hydrogen-bond donors (Lipinski definition) is 1. The first kappa shape index (κ1) is 11.9. The van der Waals surface area contributed by atoms with Gasteiger partial charge >= 0.3 is 0 Å². The van der Waals surface area contributed by atoms with E-state index in [1.54, 1.807) is 0 Å². The van der Waals surface area contributed by atoms with Crippen molar-refractivity contribution in [2.45, 2.75) is 45.3 Å². The molecule has 2 unspecified atom stereocenters. The maximum Gasteiger partial charge on any atom is 0.240 e. The molecule has 0 bridgehead atoms. The monoisotopic (exact) mass is 225 g/mol. The van der Waals surface area contributed by atoms with Crippen molar-refractivity contribution in [3.8, 4) is 0 Å². The number of nitrogens with zero attached hydrogens (tertiary/aromatic N) is 2. The highest BCUT2D eigenvalue weighted by atomic mass is 16.2. The molecule has 0 aromatic carbocycles. The Bertz CT molecular complexity index is 257. The van der Waals surface area contributed by atoms with E-state index in [0.29, 0.717) is 6.17 Å². The van der Waals surface area contributed by atoms with E-state index in [0.717, 1.165) is 39.0 Å². The molecule has 0 aromatic rings. The Morgan fingerprint density at radius 2 is 2.19 bits per heavy atom. The highest BCUT2D eigenvalue weighted by Crippen LogP contribution is 2.22. The van der Waals surface area contributed by atoms with Gasteiger partial charge in [-0.2, -0.15) is 0 Å². The lowest BCUT2D eigenvalue weighted by Gasteiger charge is -2.34. The normalized spacial score (nSPS) is 33.1. The fourth-order valence-electron chi connectivity index (χ4n) is 2.84. The molecule has 92 valence electrons. The SMILES string of the molecule is CCN1CCCC1N1CCCNC(C)C1=O. The van der Waals surface area contributed by atoms with E-state index in [2.05, 4.69) is 22.0 Å². The van der Waals surface area contributed by atoms with Crippen LogP contribution >= 0.6 is 0 Å². The molecule has 2 heterocycles. The van der Waals surface area contributed by atoms with Crippen molar-refractivity contribution in [1.82, 2.24) is 15.1 Å². The fraction of sp³-hybridized carbons (Fsp3) is 0.917. The van der Waals surface area contributed by atoms with Crippen LogP contribution in [0.15, 0.2) is 0 Å². The Hall–Kier alpha value is -0.610. The first-order chi connectivity index (χ1) is 7.74. The summed E-state index contributed by atoms with van der Waals surface area (Å²) in [4.78, 5) is 16.8. The quantitative estimate of drug-likeness (QED) is 0.749. The Morgan fingerprint density at radius 1 is 1.38 bits per heavy atom. The number of hydrogen-bond acceptors (Lipinski definition) is 3. The molecule has 2 fully saturated rings. The summed E-state index contributed by atoms with van der Waals surface area (Å²) >= 11 is 0. The minimum absolute atomic E-state index is 0.0122. The van der Waals surface area contributed by atoms with Crippen LogP contribution in [0, 0.1) is 0 Å². The maximum absolute atomic E-state index is 12.2. The van der Waals surface area contributed by atoms with Gasteiger partial charge in [0.05, 0.1) is 12.2 Å². The van der Waals surface area contributed by atoms with E-state index >= 15 is 0 Å². The predicted octanol–water partition coefficient (Wildman–Crippen LogP) is 0.639. The van der Waals surface area contributed by atoms with Gasteiger partial charge < -0.3 is 10.2 Å². The predicted molar refractivity (Wildman–Crippen MR) is 64.1 cm³/mol. The Morgan fingerprint density at radius 3 is 2.94 bits per heavy atom. The number of rotatable bonds is 2. The van der Waals surface area contributed by atoms with Crippen molar-refractivity contribution >= 4 is 5.91 Å². The van der Waals surface area contributed by atoms with Crippen LogP contribution in [-0.2, 0) is 4.79 Å². The molecule has 4 nitrogen and oxygen atoms in total. The van der Waals surface area contributed by atoms with E-state index in [1.807, 2.05) is 6.92 Å². The third-order valence-electron chi connectivity index (χ3n) is 3.77. The molecule has 2 aliphatic heterocycles. The zero-order valence-corrected chi connectivity index (χ0v) is 10.4. The van der Waals surface area contributed by atoms with Crippen LogP contribution in [0.25, 0.3) is 0 Å². The molecule has 0 aromatic heterocycles. The van der Waals surface area contributed by atoms with Crippen LogP contribution in [0.1, 0.15) is 33.1 Å². The molecular weight excluding hydrogens is 202 g/mol. The molecular formula is C12H23N3O. The molecule has 1 N–H and O–H groups in total. The summed E-state index contributed by atoms with van der Waals surface area (Å²) in [5, 5.41) is 3.27. The zero-order chi connectivity index (χ0) is 11.5. The van der Waals surface area contributed by atoms with Gasteiger partial charge in [0.2, 0.25) is 5.91 Å². The van der Waals surface area contributed by atoms with E-state index < -0.39 is 0 Å². The van der Waals surface area contributed by atoms with E-state index in [1.165, 1.54) is 6.42 Å². The smallest absolute Gasteiger partial charge is 0.240 e. The number of amides is 1. The lowest BCUT2D eigenvalue weighted by atomic mass is 10.2. The lowest BCUT2D eigenvalue weighted by molar-refractivity contribution is -0.137. The second-order valence-electron chi connectivity index (χ2n) is 4.81. The van der Waals surface area contributed by atoms with E-state index in [-0.39, 0.29) is 11.9 Å². The number of carbonyl (C=O) groups is 1. The Balaban J connectivity index is 2.08. The molecule has 1 amide bonds. The van der Waals surface area contributed by atoms with Crippen LogP contribution < -0.4 is 5.32 Å². The van der Waals surface area contributed by atoms with E-state index in [9.17, 15) is 4.79 Å². The maximum atomic E-state index is 12.2. The second kappa shape index (κ2) is 5.15. The van der Waals surface area contributed by atoms with Gasteiger partial charge in [0.1, 0.15) is 0 Å². The standard InChI is InChI=1S/C12H23N3O/c1-3-14-8-4-6-11(14)15-9-5-7-13-10(2)12(15)16/h10-11,13H,3-9H2,1-2H3. The van der Waals surface area contributed by atoms with Crippen LogP contribution in [0.4, 0.5) is 0 Å². The summed E-state index contributed by atoms with van der Waals surface area (Å²) in [6.45, 7) is 8.23. The molecule has 2 rings (SSSR count). The fourth-order valence-corrected chi connectivity index (χ4v) is 2.84. The molecule has 4 heteroatoms. The summed E-state index contributed by atoms with van der Waals surface area (Å²) in [5.74, 6) is 0.280. The molecule has 2 saturated heterocycles. The van der Waals surface area contributed by atoms with Crippen molar-refractivity contribution in [3.63, 3.8) is 0 Å². The van der Waals surface area contributed by atoms with Gasteiger partial charge in [-0.1, -0.05) is 6.92 Å². The van der Waals surface area contributed by atoms with Gasteiger partial charge in [0, 0.05) is 13.1 Å². The summed E-state index contributed by atoms with van der Waals surface area (Å²) in [6.07, 6.45) is 3.81. The van der Waals surface area contributed by atoms with Crippen molar-refractivity contribution in [3.05, 3.63) is 0 Å². The van der Waals surface area contributed by atoms with Gasteiger partial charge in [-0.25, -0.2) is 0 Å². The van der Waals surface area contributed by atoms with Gasteiger partial charge in [0.15, 0.2) is 0 Å².